The van der Waals surface area contributed by atoms with Crippen LogP contribution in [0.15, 0.2) is 0 Å². The maximum Gasteiger partial charge on any atom is 0.302 e. The van der Waals surface area contributed by atoms with Crippen LogP contribution in [0, 0.1) is 0 Å². The average Bonchev–Trinajstić information content (AvgIpc) is 1.90. The maximum atomic E-state index is 10.9. The van der Waals surface area contributed by atoms with Gasteiger partial charge in [-0.3, -0.25) is 4.55 Å². The van der Waals surface area contributed by atoms with Crippen LogP contribution in [0.3, 0.4) is 0 Å². The number of hydrogen-bond donors (Lipinski definition) is 1. The monoisotopic (exact) mass is 200 g/mol. The van der Waals surface area contributed by atoms with Crippen molar-refractivity contribution in [2.75, 3.05) is 17.3 Å². The van der Waals surface area contributed by atoms with Gasteiger partial charge in [-0.2, -0.15) is 8.42 Å². The summed E-state index contributed by atoms with van der Waals surface area (Å²) in [6.07, 6.45) is 0. The number of hydrogen-bond acceptors (Lipinski definition) is 2. The zero-order valence-electron chi connectivity index (χ0n) is 7.20. The van der Waals surface area contributed by atoms with Crippen molar-refractivity contribution in [2.24, 2.45) is 0 Å². The molecular formula is C6H16O3S2. The molecule has 0 aliphatic heterocycles. The zero-order chi connectivity index (χ0) is 9.12. The van der Waals surface area contributed by atoms with E-state index in [4.69, 9.17) is 4.55 Å². The lowest BCUT2D eigenvalue weighted by Crippen LogP contribution is -2.18. The Labute approximate surface area is 69.7 Å². The molecule has 0 aliphatic carbocycles. The number of rotatable bonds is 4. The van der Waals surface area contributed by atoms with E-state index in [9.17, 15) is 8.42 Å². The van der Waals surface area contributed by atoms with Crippen molar-refractivity contribution in [1.29, 1.82) is 0 Å². The highest BCUT2D eigenvalue weighted by molar-refractivity contribution is 8.88. The quantitative estimate of drug-likeness (QED) is 0.554. The van der Waals surface area contributed by atoms with Crippen molar-refractivity contribution in [1.82, 2.24) is 0 Å². The molecule has 11 heavy (non-hydrogen) atoms. The van der Waals surface area contributed by atoms with Gasteiger partial charge >= 0.3 is 9.15 Å². The Hall–Kier alpha value is 0.260. The highest BCUT2D eigenvalue weighted by atomic mass is 33.2. The normalized spacial score (nSPS) is 14.9. The van der Waals surface area contributed by atoms with Crippen LogP contribution in [-0.4, -0.2) is 30.2 Å². The van der Waals surface area contributed by atoms with Crippen LogP contribution in [0.4, 0.5) is 0 Å². The van der Waals surface area contributed by atoms with Gasteiger partial charge in [-0.25, -0.2) is 0 Å². The van der Waals surface area contributed by atoms with E-state index >= 15 is 0 Å². The first-order chi connectivity index (χ1) is 4.93. The maximum absolute atomic E-state index is 10.9. The minimum atomic E-state index is -3.79. The van der Waals surface area contributed by atoms with Gasteiger partial charge < -0.3 is 0 Å². The third-order valence-electron chi connectivity index (χ3n) is 2.03. The average molecular weight is 200 g/mol. The van der Waals surface area contributed by atoms with Gasteiger partial charge in [-0.1, -0.05) is 20.8 Å². The van der Waals surface area contributed by atoms with E-state index in [2.05, 4.69) is 0 Å². The van der Waals surface area contributed by atoms with Crippen molar-refractivity contribution in [3.63, 3.8) is 0 Å². The van der Waals surface area contributed by atoms with Crippen molar-refractivity contribution in [3.05, 3.63) is 0 Å². The molecule has 0 saturated carbocycles. The summed E-state index contributed by atoms with van der Waals surface area (Å²) < 4.78 is 30.8. The molecule has 1 N–H and O–H groups in total. The fourth-order valence-corrected chi connectivity index (χ4v) is 5.86. The SMILES string of the molecule is CCS(CC)(CC)S(=O)(=O)O. The summed E-state index contributed by atoms with van der Waals surface area (Å²) in [6.45, 7) is 5.45. The van der Waals surface area contributed by atoms with Gasteiger partial charge in [0, 0.05) is 0 Å². The molecule has 0 aromatic rings. The van der Waals surface area contributed by atoms with Crippen LogP contribution < -0.4 is 0 Å². The lowest BCUT2D eigenvalue weighted by atomic mass is 10.9. The van der Waals surface area contributed by atoms with Crippen LogP contribution in [0.5, 0.6) is 0 Å². The molecule has 0 saturated heterocycles. The molecular weight excluding hydrogens is 184 g/mol. The molecule has 0 aromatic carbocycles. The molecule has 70 valence electrons. The molecule has 0 atom stereocenters. The van der Waals surface area contributed by atoms with E-state index in [1.54, 1.807) is 0 Å². The van der Waals surface area contributed by atoms with E-state index in [1.807, 2.05) is 20.8 Å². The van der Waals surface area contributed by atoms with Gasteiger partial charge in [-0.15, -0.1) is 9.06 Å². The second kappa shape index (κ2) is 3.78. The Bertz CT molecular complexity index is 196. The van der Waals surface area contributed by atoms with Gasteiger partial charge in [0.2, 0.25) is 0 Å². The lowest BCUT2D eigenvalue weighted by molar-refractivity contribution is 0.501. The molecule has 0 bridgehead atoms. The summed E-state index contributed by atoms with van der Waals surface area (Å²) >= 11 is 0. The van der Waals surface area contributed by atoms with Crippen LogP contribution in [0.2, 0.25) is 0 Å². The molecule has 3 nitrogen and oxygen atoms in total. The van der Waals surface area contributed by atoms with E-state index in [0.29, 0.717) is 17.3 Å². The highest BCUT2D eigenvalue weighted by Gasteiger charge is 2.31. The summed E-state index contributed by atoms with van der Waals surface area (Å²) in [5.74, 6) is 1.66. The zero-order valence-corrected chi connectivity index (χ0v) is 8.83. The van der Waals surface area contributed by atoms with Gasteiger partial charge in [0.05, 0.1) is 0 Å². The minimum Gasteiger partial charge on any atom is -0.278 e. The smallest absolute Gasteiger partial charge is 0.278 e. The fourth-order valence-electron chi connectivity index (χ4n) is 1.06. The molecule has 0 amide bonds. The molecule has 0 aliphatic rings. The first-order valence-electron chi connectivity index (χ1n) is 3.67. The second-order valence-electron chi connectivity index (χ2n) is 2.26. The Balaban J connectivity index is 4.86. The summed E-state index contributed by atoms with van der Waals surface area (Å²) in [4.78, 5) is 0. The van der Waals surface area contributed by atoms with Crippen LogP contribution in [-0.2, 0) is 9.15 Å². The van der Waals surface area contributed by atoms with E-state index in [-0.39, 0.29) is 0 Å². The first-order valence-corrected chi connectivity index (χ1v) is 7.77. The topological polar surface area (TPSA) is 54.4 Å². The van der Waals surface area contributed by atoms with Crippen LogP contribution in [0.25, 0.3) is 0 Å². The minimum absolute atomic E-state index is 0.554. The van der Waals surface area contributed by atoms with E-state index in [1.165, 1.54) is 0 Å². The predicted octanol–water partition coefficient (Wildman–Crippen LogP) is 1.65. The summed E-state index contributed by atoms with van der Waals surface area (Å²) in [5.41, 5.74) is 0. The van der Waals surface area contributed by atoms with Crippen molar-refractivity contribution < 1.29 is 13.0 Å². The molecule has 0 spiro atoms. The van der Waals surface area contributed by atoms with Gasteiger partial charge in [0.15, 0.2) is 0 Å². The second-order valence-corrected chi connectivity index (χ2v) is 10.2. The van der Waals surface area contributed by atoms with E-state index in [0.717, 1.165) is 0 Å². The largest absolute Gasteiger partial charge is 0.302 e. The first kappa shape index (κ1) is 11.3. The fraction of sp³-hybridized carbons (Fsp3) is 1.00. The van der Waals surface area contributed by atoms with Crippen molar-refractivity contribution in [2.45, 2.75) is 20.8 Å². The molecule has 5 heteroatoms. The molecule has 0 heterocycles. The molecule has 0 unspecified atom stereocenters. The Morgan fingerprint density at radius 1 is 1.00 bits per heavy atom. The Morgan fingerprint density at radius 2 is 1.27 bits per heavy atom. The van der Waals surface area contributed by atoms with E-state index < -0.39 is 18.2 Å². The van der Waals surface area contributed by atoms with Gasteiger partial charge in [-0.05, 0) is 17.3 Å². The van der Waals surface area contributed by atoms with Crippen molar-refractivity contribution >= 4 is 18.2 Å². The summed E-state index contributed by atoms with van der Waals surface area (Å²) in [7, 11) is -5.59. The van der Waals surface area contributed by atoms with Crippen LogP contribution >= 0.6 is 9.06 Å². The predicted molar refractivity (Wildman–Crippen MR) is 50.8 cm³/mol. The summed E-state index contributed by atoms with van der Waals surface area (Å²) in [5, 5.41) is 0. The third-order valence-corrected chi connectivity index (χ3v) is 10.9. The van der Waals surface area contributed by atoms with Crippen LogP contribution in [0.1, 0.15) is 20.8 Å². The van der Waals surface area contributed by atoms with Crippen molar-refractivity contribution in [3.8, 4) is 0 Å². The summed E-state index contributed by atoms with van der Waals surface area (Å²) in [6, 6.07) is 0. The Morgan fingerprint density at radius 3 is 1.27 bits per heavy atom. The Kier molecular flexibility index (Phi) is 3.87. The molecule has 0 aromatic heterocycles. The molecule has 0 fully saturated rings. The van der Waals surface area contributed by atoms with Gasteiger partial charge in [0.1, 0.15) is 0 Å². The third kappa shape index (κ3) is 2.10. The molecule has 0 rings (SSSR count). The lowest BCUT2D eigenvalue weighted by Gasteiger charge is -2.32. The standard InChI is InChI=1S/C6H16O3S2/c1-4-10(5-2,6-3)11(7,8)9/h4-6H2,1-3H3,(H,7,8,9). The molecule has 0 radical (unpaired) electrons. The van der Waals surface area contributed by atoms with Gasteiger partial charge in [0.25, 0.3) is 0 Å². The highest BCUT2D eigenvalue weighted by Crippen LogP contribution is 2.52.